The molecule has 1 aromatic carbocycles. The number of ether oxygens (including phenoxy) is 3. The Hall–Kier alpha value is -3.37. The molecule has 2 aromatic rings. The molecule has 1 heterocycles. The van der Waals surface area contributed by atoms with Crippen LogP contribution in [0.4, 0.5) is 27.6 Å². The number of pyridine rings is 1. The van der Waals surface area contributed by atoms with E-state index in [0.29, 0.717) is 5.56 Å². The number of hydrogen-bond acceptors (Lipinski definition) is 5. The van der Waals surface area contributed by atoms with Crippen LogP contribution in [0.2, 0.25) is 0 Å². The van der Waals surface area contributed by atoms with Gasteiger partial charge in [0, 0.05) is 12.1 Å². The van der Waals surface area contributed by atoms with Crippen LogP contribution in [0.15, 0.2) is 42.6 Å². The van der Waals surface area contributed by atoms with Crippen LogP contribution in [0.3, 0.4) is 0 Å². The molecule has 0 unspecified atom stereocenters. The first-order valence-corrected chi connectivity index (χ1v) is 7.94. The van der Waals surface area contributed by atoms with E-state index in [1.807, 2.05) is 0 Å². The van der Waals surface area contributed by atoms with Gasteiger partial charge in [0.25, 0.3) is 0 Å². The molecule has 0 aliphatic carbocycles. The summed E-state index contributed by atoms with van der Waals surface area (Å²) in [5.74, 6) is -0.883. The fraction of sp³-hybridized carbons (Fsp3) is 0.222. The number of methoxy groups -OCH3 is 1. The maximum Gasteiger partial charge on any atom is 0.422 e. The number of anilines is 1. The van der Waals surface area contributed by atoms with Gasteiger partial charge in [0.1, 0.15) is 0 Å². The Kier molecular flexibility index (Phi) is 7.34. The molecular weight excluding hydrogens is 403 g/mol. The maximum atomic E-state index is 12.3. The molecule has 0 bridgehead atoms. The summed E-state index contributed by atoms with van der Waals surface area (Å²) in [7, 11) is 1.28. The Labute approximate surface area is 161 Å². The zero-order valence-corrected chi connectivity index (χ0v) is 14.9. The van der Waals surface area contributed by atoms with Crippen molar-refractivity contribution in [1.29, 1.82) is 0 Å². The average Bonchev–Trinajstić information content (AvgIpc) is 2.65. The van der Waals surface area contributed by atoms with Crippen molar-refractivity contribution in [2.24, 2.45) is 0 Å². The Morgan fingerprint density at radius 2 is 1.97 bits per heavy atom. The first-order valence-electron chi connectivity index (χ1n) is 7.94. The number of benzene rings is 1. The van der Waals surface area contributed by atoms with Crippen molar-refractivity contribution in [1.82, 2.24) is 4.98 Å². The van der Waals surface area contributed by atoms with E-state index in [0.717, 1.165) is 12.3 Å². The van der Waals surface area contributed by atoms with Crippen LogP contribution in [0.25, 0.3) is 6.08 Å². The van der Waals surface area contributed by atoms with Crippen molar-refractivity contribution < 1.29 is 41.0 Å². The van der Waals surface area contributed by atoms with Gasteiger partial charge in [-0.25, -0.2) is 4.98 Å². The summed E-state index contributed by atoms with van der Waals surface area (Å²) in [5, 5.41) is 2.46. The zero-order valence-electron chi connectivity index (χ0n) is 14.9. The van der Waals surface area contributed by atoms with E-state index in [1.54, 1.807) is 0 Å². The Morgan fingerprint density at radius 1 is 1.21 bits per heavy atom. The summed E-state index contributed by atoms with van der Waals surface area (Å²) < 4.78 is 74.6. The van der Waals surface area contributed by atoms with Gasteiger partial charge in [-0.1, -0.05) is 6.07 Å². The minimum absolute atomic E-state index is 0.0616. The number of hydrogen-bond donors (Lipinski definition) is 1. The second-order valence-corrected chi connectivity index (χ2v) is 5.40. The molecule has 29 heavy (non-hydrogen) atoms. The zero-order chi connectivity index (χ0) is 21.4. The number of rotatable bonds is 8. The van der Waals surface area contributed by atoms with Gasteiger partial charge in [-0.15, -0.1) is 0 Å². The molecule has 0 aliphatic heterocycles. The summed E-state index contributed by atoms with van der Waals surface area (Å²) in [6.07, 6.45) is -0.780. The van der Waals surface area contributed by atoms with Crippen molar-refractivity contribution in [2.45, 2.75) is 12.8 Å². The lowest BCUT2D eigenvalue weighted by Gasteiger charge is -2.10. The van der Waals surface area contributed by atoms with E-state index < -0.39 is 25.3 Å². The topological polar surface area (TPSA) is 69.7 Å². The molecular formula is C18H15F5N2O4. The highest BCUT2D eigenvalue weighted by atomic mass is 19.4. The third-order valence-electron chi connectivity index (χ3n) is 3.22. The van der Waals surface area contributed by atoms with Gasteiger partial charge in [0.05, 0.1) is 19.0 Å². The predicted molar refractivity (Wildman–Crippen MR) is 93.1 cm³/mol. The van der Waals surface area contributed by atoms with Gasteiger partial charge in [-0.3, -0.25) is 4.79 Å². The Balaban J connectivity index is 1.95. The summed E-state index contributed by atoms with van der Waals surface area (Å²) in [5.41, 5.74) is 0.713. The second-order valence-electron chi connectivity index (χ2n) is 5.40. The monoisotopic (exact) mass is 418 g/mol. The van der Waals surface area contributed by atoms with Crippen molar-refractivity contribution in [3.05, 3.63) is 48.2 Å². The summed E-state index contributed by atoms with van der Waals surface area (Å²) in [4.78, 5) is 15.6. The lowest BCUT2D eigenvalue weighted by Crippen LogP contribution is -2.19. The number of nitrogens with one attached hydrogen (secondary N) is 1. The summed E-state index contributed by atoms with van der Waals surface area (Å²) in [6, 6.07) is 6.61. The average molecular weight is 418 g/mol. The van der Waals surface area contributed by atoms with Crippen molar-refractivity contribution in [3.8, 4) is 17.4 Å². The third kappa shape index (κ3) is 7.64. The Bertz CT molecular complexity index is 854. The fourth-order valence-electron chi connectivity index (χ4n) is 2.03. The SMILES string of the molecule is COc1cc(C=CC(=O)Nc2ccc(OCC(F)(F)F)nc2)ccc1OC(F)F. The van der Waals surface area contributed by atoms with E-state index in [4.69, 9.17) is 4.74 Å². The van der Waals surface area contributed by atoms with Gasteiger partial charge in [0.2, 0.25) is 11.8 Å². The van der Waals surface area contributed by atoms with Crippen LogP contribution in [0.1, 0.15) is 5.56 Å². The number of nitrogens with zero attached hydrogens (tertiary/aromatic N) is 1. The lowest BCUT2D eigenvalue weighted by atomic mass is 10.2. The van der Waals surface area contributed by atoms with E-state index in [2.05, 4.69) is 19.8 Å². The molecule has 1 N–H and O–H groups in total. The quantitative estimate of drug-likeness (QED) is 0.512. The van der Waals surface area contributed by atoms with Crippen LogP contribution in [-0.4, -0.2) is 37.4 Å². The van der Waals surface area contributed by atoms with Gasteiger partial charge in [-0.2, -0.15) is 22.0 Å². The van der Waals surface area contributed by atoms with Crippen LogP contribution >= 0.6 is 0 Å². The predicted octanol–water partition coefficient (Wildman–Crippen LogP) is 4.28. The molecule has 11 heteroatoms. The van der Waals surface area contributed by atoms with E-state index in [-0.39, 0.29) is 23.1 Å². The minimum Gasteiger partial charge on any atom is -0.493 e. The molecule has 0 fully saturated rings. The molecule has 0 spiro atoms. The van der Waals surface area contributed by atoms with Gasteiger partial charge in [-0.05, 0) is 29.8 Å². The Morgan fingerprint density at radius 3 is 2.55 bits per heavy atom. The second kappa shape index (κ2) is 9.71. The summed E-state index contributed by atoms with van der Waals surface area (Å²) in [6.45, 7) is -4.48. The van der Waals surface area contributed by atoms with Gasteiger partial charge in [0.15, 0.2) is 18.1 Å². The highest BCUT2D eigenvalue weighted by molar-refractivity contribution is 6.01. The molecule has 156 valence electrons. The van der Waals surface area contributed by atoms with Crippen LogP contribution < -0.4 is 19.5 Å². The molecule has 0 atom stereocenters. The van der Waals surface area contributed by atoms with Crippen LogP contribution in [0.5, 0.6) is 17.4 Å². The van der Waals surface area contributed by atoms with Crippen molar-refractivity contribution in [3.63, 3.8) is 0 Å². The minimum atomic E-state index is -4.48. The van der Waals surface area contributed by atoms with Crippen molar-refractivity contribution in [2.75, 3.05) is 19.0 Å². The van der Waals surface area contributed by atoms with Crippen LogP contribution in [-0.2, 0) is 4.79 Å². The largest absolute Gasteiger partial charge is 0.493 e. The smallest absolute Gasteiger partial charge is 0.422 e. The lowest BCUT2D eigenvalue weighted by molar-refractivity contribution is -0.154. The number of carbonyl (C=O) groups excluding carboxylic acids is 1. The molecule has 0 saturated carbocycles. The normalized spacial score (nSPS) is 11.6. The molecule has 6 nitrogen and oxygen atoms in total. The molecule has 1 amide bonds. The first kappa shape index (κ1) is 21.9. The van der Waals surface area contributed by atoms with Crippen LogP contribution in [0, 0.1) is 0 Å². The fourth-order valence-corrected chi connectivity index (χ4v) is 2.03. The van der Waals surface area contributed by atoms with E-state index in [1.165, 1.54) is 43.5 Å². The maximum absolute atomic E-state index is 12.3. The first-order chi connectivity index (χ1) is 13.7. The summed E-state index contributed by atoms with van der Waals surface area (Å²) >= 11 is 0. The molecule has 2 rings (SSSR count). The number of aromatic nitrogens is 1. The molecule has 1 aromatic heterocycles. The number of halogens is 5. The van der Waals surface area contributed by atoms with Gasteiger partial charge >= 0.3 is 12.8 Å². The third-order valence-corrected chi connectivity index (χ3v) is 3.22. The number of carbonyl (C=O) groups is 1. The highest BCUT2D eigenvalue weighted by Gasteiger charge is 2.28. The molecule has 0 radical (unpaired) electrons. The number of amides is 1. The number of alkyl halides is 5. The molecule has 0 saturated heterocycles. The van der Waals surface area contributed by atoms with E-state index in [9.17, 15) is 26.7 Å². The van der Waals surface area contributed by atoms with Crippen molar-refractivity contribution >= 4 is 17.7 Å². The standard InChI is InChI=1S/C18H15F5N2O4/c1-27-14-8-11(2-5-13(14)29-17(19)20)3-6-15(26)25-12-4-7-16(24-9-12)28-10-18(21,22)23/h2-9,17H,10H2,1H3,(H,25,26). The van der Waals surface area contributed by atoms with Gasteiger partial charge < -0.3 is 19.5 Å². The highest BCUT2D eigenvalue weighted by Crippen LogP contribution is 2.29. The van der Waals surface area contributed by atoms with E-state index >= 15 is 0 Å². The molecule has 0 aliphatic rings.